The third-order valence-corrected chi connectivity index (χ3v) is 5.42. The van der Waals surface area contributed by atoms with Gasteiger partial charge in [0.15, 0.2) is 9.84 Å². The van der Waals surface area contributed by atoms with Crippen molar-refractivity contribution in [1.82, 2.24) is 0 Å². The van der Waals surface area contributed by atoms with Crippen molar-refractivity contribution in [2.24, 2.45) is 11.8 Å². The molecule has 0 saturated heterocycles. The number of hydrogen-bond donors (Lipinski definition) is 3. The van der Waals surface area contributed by atoms with Crippen molar-refractivity contribution in [1.29, 1.82) is 0 Å². The van der Waals surface area contributed by atoms with E-state index in [9.17, 15) is 13.5 Å². The van der Waals surface area contributed by atoms with E-state index in [-0.39, 0.29) is 11.5 Å². The van der Waals surface area contributed by atoms with Crippen LogP contribution in [0.2, 0.25) is 0 Å². The van der Waals surface area contributed by atoms with Crippen molar-refractivity contribution < 1.29 is 13.5 Å². The Morgan fingerprint density at radius 2 is 1.95 bits per heavy atom. The van der Waals surface area contributed by atoms with E-state index < -0.39 is 9.84 Å². The fraction of sp³-hybridized carbons (Fsp3) is 0.600. The van der Waals surface area contributed by atoms with E-state index in [4.69, 9.17) is 5.73 Å². The van der Waals surface area contributed by atoms with Gasteiger partial charge in [0.1, 0.15) is 0 Å². The summed E-state index contributed by atoms with van der Waals surface area (Å²) in [7, 11) is -3.23. The van der Waals surface area contributed by atoms with Crippen molar-refractivity contribution in [2.45, 2.75) is 30.6 Å². The molecule has 0 radical (unpaired) electrons. The van der Waals surface area contributed by atoms with Gasteiger partial charge >= 0.3 is 0 Å². The van der Waals surface area contributed by atoms with Crippen LogP contribution in [0.15, 0.2) is 23.1 Å². The van der Waals surface area contributed by atoms with Gasteiger partial charge in [0.05, 0.1) is 16.3 Å². The normalized spacial score (nSPS) is 23.0. The zero-order valence-electron chi connectivity index (χ0n) is 12.4. The highest BCUT2D eigenvalue weighted by atomic mass is 32.2. The first-order chi connectivity index (χ1) is 9.91. The van der Waals surface area contributed by atoms with Gasteiger partial charge < -0.3 is 16.2 Å². The number of nitrogen functional groups attached to an aromatic ring is 1. The van der Waals surface area contributed by atoms with Crippen LogP contribution in [0.4, 0.5) is 11.4 Å². The largest absolute Gasteiger partial charge is 0.397 e. The highest BCUT2D eigenvalue weighted by Crippen LogP contribution is 2.31. The molecule has 2 atom stereocenters. The summed E-state index contributed by atoms with van der Waals surface area (Å²) >= 11 is 0. The quantitative estimate of drug-likeness (QED) is 0.722. The number of nitrogens with two attached hydrogens (primary N) is 1. The van der Waals surface area contributed by atoms with Crippen LogP contribution in [0.3, 0.4) is 0 Å². The van der Waals surface area contributed by atoms with Gasteiger partial charge in [-0.1, -0.05) is 12.8 Å². The van der Waals surface area contributed by atoms with Crippen LogP contribution >= 0.6 is 0 Å². The maximum atomic E-state index is 11.5. The Balaban J connectivity index is 2.03. The summed E-state index contributed by atoms with van der Waals surface area (Å²) in [6.07, 6.45) is 5.74. The molecule has 0 heterocycles. The Bertz CT molecular complexity index is 587. The summed E-state index contributed by atoms with van der Waals surface area (Å²) in [5.41, 5.74) is 7.12. The molecule has 0 aliphatic heterocycles. The first kappa shape index (κ1) is 16.1. The molecule has 21 heavy (non-hydrogen) atoms. The van der Waals surface area contributed by atoms with Gasteiger partial charge in [-0.05, 0) is 42.9 Å². The Hall–Kier alpha value is -1.27. The van der Waals surface area contributed by atoms with E-state index in [1.165, 1.54) is 25.2 Å². The fourth-order valence-electron chi connectivity index (χ4n) is 2.97. The number of anilines is 2. The Labute approximate surface area is 126 Å². The van der Waals surface area contributed by atoms with Gasteiger partial charge in [-0.3, -0.25) is 0 Å². The molecule has 118 valence electrons. The van der Waals surface area contributed by atoms with E-state index in [1.54, 1.807) is 12.1 Å². The van der Waals surface area contributed by atoms with Gasteiger partial charge in [-0.2, -0.15) is 0 Å². The van der Waals surface area contributed by atoms with E-state index >= 15 is 0 Å². The van der Waals surface area contributed by atoms with Gasteiger partial charge in [0.25, 0.3) is 0 Å². The number of benzene rings is 1. The van der Waals surface area contributed by atoms with Crippen molar-refractivity contribution in [3.63, 3.8) is 0 Å². The third-order valence-electron chi connectivity index (χ3n) is 4.31. The zero-order valence-corrected chi connectivity index (χ0v) is 13.2. The van der Waals surface area contributed by atoms with Gasteiger partial charge in [0.2, 0.25) is 0 Å². The predicted molar refractivity (Wildman–Crippen MR) is 85.0 cm³/mol. The molecule has 0 amide bonds. The summed E-state index contributed by atoms with van der Waals surface area (Å²) in [5.74, 6) is 0.792. The molecule has 1 aromatic rings. The van der Waals surface area contributed by atoms with Crippen LogP contribution in [0.25, 0.3) is 0 Å². The summed E-state index contributed by atoms with van der Waals surface area (Å²) in [6, 6.07) is 4.77. The maximum absolute atomic E-state index is 11.5. The molecule has 4 N–H and O–H groups in total. The number of aliphatic hydroxyl groups is 1. The second-order valence-electron chi connectivity index (χ2n) is 5.89. The molecule has 1 aliphatic rings. The molecule has 2 unspecified atom stereocenters. The van der Waals surface area contributed by atoms with E-state index in [1.807, 2.05) is 0 Å². The van der Waals surface area contributed by atoms with Crippen LogP contribution in [0.1, 0.15) is 25.7 Å². The Morgan fingerprint density at radius 1 is 1.29 bits per heavy atom. The fourth-order valence-corrected chi connectivity index (χ4v) is 3.62. The SMILES string of the molecule is CS(=O)(=O)c1ccc(NCC2CCCCC2CO)c(N)c1. The number of nitrogens with one attached hydrogen (secondary N) is 1. The molecule has 1 saturated carbocycles. The topological polar surface area (TPSA) is 92.4 Å². The molecular formula is C15H24N2O3S. The minimum atomic E-state index is -3.23. The average molecular weight is 312 g/mol. The van der Waals surface area contributed by atoms with E-state index in [0.717, 1.165) is 25.1 Å². The maximum Gasteiger partial charge on any atom is 0.175 e. The summed E-state index contributed by atoms with van der Waals surface area (Å²) < 4.78 is 23.0. The van der Waals surface area contributed by atoms with Crippen LogP contribution in [0, 0.1) is 11.8 Å². The zero-order chi connectivity index (χ0) is 15.5. The first-order valence-corrected chi connectivity index (χ1v) is 9.25. The smallest absolute Gasteiger partial charge is 0.175 e. The standard InChI is InChI=1S/C15H24N2O3S/c1-21(19,20)13-6-7-15(14(16)8-13)17-9-11-4-2-3-5-12(11)10-18/h6-8,11-12,17-18H,2-5,9-10,16H2,1H3. The van der Waals surface area contributed by atoms with Crippen molar-refractivity contribution in [3.05, 3.63) is 18.2 Å². The lowest BCUT2D eigenvalue weighted by atomic mass is 9.79. The molecule has 0 aromatic heterocycles. The van der Waals surface area contributed by atoms with E-state index in [0.29, 0.717) is 17.5 Å². The highest BCUT2D eigenvalue weighted by Gasteiger charge is 2.24. The minimum absolute atomic E-state index is 0.231. The molecular weight excluding hydrogens is 288 g/mol. The predicted octanol–water partition coefficient (Wildman–Crippen LogP) is 1.88. The molecule has 0 bridgehead atoms. The van der Waals surface area contributed by atoms with Crippen molar-refractivity contribution >= 4 is 21.2 Å². The van der Waals surface area contributed by atoms with Crippen LogP contribution in [-0.2, 0) is 9.84 Å². The van der Waals surface area contributed by atoms with Crippen LogP contribution in [-0.4, -0.2) is 32.9 Å². The lowest BCUT2D eigenvalue weighted by Crippen LogP contribution is -2.28. The average Bonchev–Trinajstić information content (AvgIpc) is 2.45. The van der Waals surface area contributed by atoms with Crippen molar-refractivity contribution in [3.8, 4) is 0 Å². The van der Waals surface area contributed by atoms with E-state index in [2.05, 4.69) is 5.32 Å². The lowest BCUT2D eigenvalue weighted by molar-refractivity contribution is 0.141. The summed E-state index contributed by atoms with van der Waals surface area (Å²) in [5, 5.41) is 12.7. The van der Waals surface area contributed by atoms with Crippen molar-refractivity contribution in [2.75, 3.05) is 30.5 Å². The summed E-state index contributed by atoms with van der Waals surface area (Å²) in [4.78, 5) is 0.233. The lowest BCUT2D eigenvalue weighted by Gasteiger charge is -2.30. The second-order valence-corrected chi connectivity index (χ2v) is 7.91. The summed E-state index contributed by atoms with van der Waals surface area (Å²) in [6.45, 7) is 0.989. The minimum Gasteiger partial charge on any atom is -0.397 e. The Morgan fingerprint density at radius 3 is 2.52 bits per heavy atom. The molecule has 1 aliphatic carbocycles. The third kappa shape index (κ3) is 4.11. The van der Waals surface area contributed by atoms with Crippen LogP contribution < -0.4 is 11.1 Å². The molecule has 1 aromatic carbocycles. The number of hydrogen-bond acceptors (Lipinski definition) is 5. The molecule has 2 rings (SSSR count). The Kier molecular flexibility index (Phi) is 5.11. The second kappa shape index (κ2) is 6.66. The molecule has 0 spiro atoms. The number of sulfone groups is 1. The number of rotatable bonds is 5. The number of aliphatic hydroxyl groups excluding tert-OH is 1. The highest BCUT2D eigenvalue weighted by molar-refractivity contribution is 7.90. The molecule has 5 nitrogen and oxygen atoms in total. The van der Waals surface area contributed by atoms with Gasteiger partial charge in [-0.15, -0.1) is 0 Å². The monoisotopic (exact) mass is 312 g/mol. The molecule has 6 heteroatoms. The first-order valence-electron chi connectivity index (χ1n) is 7.36. The van der Waals surface area contributed by atoms with Crippen LogP contribution in [0.5, 0.6) is 0 Å². The molecule has 1 fully saturated rings. The van der Waals surface area contributed by atoms with Gasteiger partial charge in [0, 0.05) is 19.4 Å². The van der Waals surface area contributed by atoms with Gasteiger partial charge in [-0.25, -0.2) is 8.42 Å².